The second-order valence-electron chi connectivity index (χ2n) is 8.39. The molecule has 1 aliphatic rings. The second kappa shape index (κ2) is 12.1. The molecule has 0 spiro atoms. The maximum absolute atomic E-state index is 13.5. The van der Waals surface area contributed by atoms with E-state index in [1.165, 1.54) is 14.2 Å². The van der Waals surface area contributed by atoms with E-state index in [1.54, 1.807) is 48.5 Å². The number of ketones is 2. The van der Waals surface area contributed by atoms with Crippen molar-refractivity contribution in [1.82, 2.24) is 0 Å². The third-order valence-electron chi connectivity index (χ3n) is 6.36. The highest BCUT2D eigenvalue weighted by atomic mass is 16.5. The molecule has 0 unspecified atom stereocenters. The summed E-state index contributed by atoms with van der Waals surface area (Å²) < 4.78 is 19.8. The Labute approximate surface area is 219 Å². The van der Waals surface area contributed by atoms with Gasteiger partial charge in [0.1, 0.15) is 11.5 Å². The SMILES string of the molecule is COC(=O)C[C@@H](C1=C(O)C(=O)C([C@H](CC(=O)OC)c2ccc(OC)cc2)=C(O)C1=O)c1ccc(OC)cc1. The first-order chi connectivity index (χ1) is 18.2. The van der Waals surface area contributed by atoms with E-state index in [2.05, 4.69) is 0 Å². The fourth-order valence-corrected chi connectivity index (χ4v) is 4.31. The molecule has 2 aromatic rings. The molecule has 2 atom stereocenters. The van der Waals surface area contributed by atoms with Crippen LogP contribution in [0.2, 0.25) is 0 Å². The number of Topliss-reactive ketones (excluding diaryl/α,β-unsaturated/α-hetero) is 2. The van der Waals surface area contributed by atoms with Gasteiger partial charge in [-0.1, -0.05) is 24.3 Å². The number of aliphatic hydroxyl groups excluding tert-OH is 2. The van der Waals surface area contributed by atoms with Gasteiger partial charge in [0, 0.05) is 11.8 Å². The molecule has 0 heterocycles. The highest BCUT2D eigenvalue weighted by molar-refractivity contribution is 6.24. The van der Waals surface area contributed by atoms with Gasteiger partial charge in [-0.05, 0) is 35.4 Å². The number of allylic oxidation sites excluding steroid dienone is 2. The number of benzene rings is 2. The summed E-state index contributed by atoms with van der Waals surface area (Å²) in [4.78, 5) is 51.4. The quantitative estimate of drug-likeness (QED) is 0.350. The van der Waals surface area contributed by atoms with Crippen LogP contribution in [0.15, 0.2) is 71.2 Å². The first-order valence-electron chi connectivity index (χ1n) is 11.5. The number of ether oxygens (including phenoxy) is 4. The Morgan fingerprint density at radius 1 is 0.632 bits per heavy atom. The van der Waals surface area contributed by atoms with Gasteiger partial charge in [-0.3, -0.25) is 19.2 Å². The van der Waals surface area contributed by atoms with Crippen molar-refractivity contribution in [2.45, 2.75) is 24.7 Å². The predicted octanol–water partition coefficient (Wildman–Crippen LogP) is 3.47. The maximum atomic E-state index is 13.5. The molecule has 0 bridgehead atoms. The number of hydrogen-bond donors (Lipinski definition) is 2. The number of methoxy groups -OCH3 is 4. The van der Waals surface area contributed by atoms with Gasteiger partial charge in [-0.15, -0.1) is 0 Å². The lowest BCUT2D eigenvalue weighted by atomic mass is 9.76. The van der Waals surface area contributed by atoms with Crippen molar-refractivity contribution in [2.75, 3.05) is 28.4 Å². The number of rotatable bonds is 10. The molecule has 0 aromatic heterocycles. The van der Waals surface area contributed by atoms with E-state index in [4.69, 9.17) is 18.9 Å². The molecule has 38 heavy (non-hydrogen) atoms. The van der Waals surface area contributed by atoms with E-state index >= 15 is 0 Å². The molecule has 10 heteroatoms. The summed E-state index contributed by atoms with van der Waals surface area (Å²) in [6.07, 6.45) is -0.790. The lowest BCUT2D eigenvalue weighted by Crippen LogP contribution is -2.31. The van der Waals surface area contributed by atoms with E-state index in [-0.39, 0.29) is 0 Å². The second-order valence-corrected chi connectivity index (χ2v) is 8.39. The predicted molar refractivity (Wildman–Crippen MR) is 134 cm³/mol. The fourth-order valence-electron chi connectivity index (χ4n) is 4.31. The molecule has 0 fully saturated rings. The van der Waals surface area contributed by atoms with Gasteiger partial charge >= 0.3 is 11.9 Å². The summed E-state index contributed by atoms with van der Waals surface area (Å²) in [6, 6.07) is 12.6. The van der Waals surface area contributed by atoms with Gasteiger partial charge < -0.3 is 29.2 Å². The average molecular weight is 525 g/mol. The molecule has 2 N–H and O–H groups in total. The number of aliphatic hydroxyl groups is 2. The van der Waals surface area contributed by atoms with Crippen molar-refractivity contribution in [1.29, 1.82) is 0 Å². The van der Waals surface area contributed by atoms with Gasteiger partial charge in [-0.2, -0.15) is 0 Å². The van der Waals surface area contributed by atoms with Crippen molar-refractivity contribution in [2.24, 2.45) is 0 Å². The molecule has 0 radical (unpaired) electrons. The minimum atomic E-state index is -1.12. The summed E-state index contributed by atoms with van der Waals surface area (Å²) in [5.74, 6) is -6.61. The van der Waals surface area contributed by atoms with E-state index in [0.717, 1.165) is 14.2 Å². The zero-order chi connectivity index (χ0) is 28.0. The topological polar surface area (TPSA) is 146 Å². The average Bonchev–Trinajstić information content (AvgIpc) is 2.95. The first-order valence-corrected chi connectivity index (χ1v) is 11.5. The van der Waals surface area contributed by atoms with Crippen LogP contribution in [-0.2, 0) is 28.7 Å². The summed E-state index contributed by atoms with van der Waals surface area (Å²) in [7, 11) is 5.27. The fraction of sp³-hybridized carbons (Fsp3) is 0.286. The van der Waals surface area contributed by atoms with Gasteiger partial charge in [0.15, 0.2) is 11.5 Å². The zero-order valence-electron chi connectivity index (χ0n) is 21.3. The third kappa shape index (κ3) is 5.69. The number of carbonyl (C=O) groups excluding carboxylic acids is 4. The molecule has 2 aromatic carbocycles. The van der Waals surface area contributed by atoms with Crippen molar-refractivity contribution >= 4 is 23.5 Å². The first kappa shape index (κ1) is 28.0. The third-order valence-corrected chi connectivity index (χ3v) is 6.36. The van der Waals surface area contributed by atoms with Gasteiger partial charge in [0.05, 0.1) is 52.4 Å². The Morgan fingerprint density at radius 3 is 1.21 bits per heavy atom. The minimum Gasteiger partial charge on any atom is -0.504 e. The van der Waals surface area contributed by atoms with Crippen LogP contribution in [0.4, 0.5) is 0 Å². The van der Waals surface area contributed by atoms with Gasteiger partial charge in [-0.25, -0.2) is 0 Å². The van der Waals surface area contributed by atoms with Crippen LogP contribution >= 0.6 is 0 Å². The molecular weight excluding hydrogens is 496 g/mol. The highest BCUT2D eigenvalue weighted by Crippen LogP contribution is 2.41. The van der Waals surface area contributed by atoms with Crippen LogP contribution in [0.1, 0.15) is 35.8 Å². The standard InChI is InChI=1S/C28H28O10/c1-35-17-9-5-15(6-10-17)19(13-21(29)37-3)23-25(31)27(33)24(28(34)26(23)32)20(14-22(30)38-4)16-7-11-18(36-2)12-8-16/h5-12,19-20,31,34H,13-14H2,1-4H3/t19-,20-/m1/s1. The summed E-state index contributed by atoms with van der Waals surface area (Å²) in [5.41, 5.74) is -0.121. The number of carbonyl (C=O) groups is 4. The normalized spacial score (nSPS) is 15.2. The summed E-state index contributed by atoms with van der Waals surface area (Å²) >= 11 is 0. The zero-order valence-corrected chi connectivity index (χ0v) is 21.3. The summed E-state index contributed by atoms with van der Waals surface area (Å²) in [6.45, 7) is 0. The Morgan fingerprint density at radius 2 is 0.947 bits per heavy atom. The lowest BCUT2D eigenvalue weighted by molar-refractivity contribution is -0.142. The molecule has 1 aliphatic carbocycles. The lowest BCUT2D eigenvalue weighted by Gasteiger charge is -2.27. The number of hydrogen-bond acceptors (Lipinski definition) is 10. The van der Waals surface area contributed by atoms with E-state index in [1.807, 2.05) is 0 Å². The Hall–Kier alpha value is -4.60. The van der Waals surface area contributed by atoms with Crippen LogP contribution in [0.5, 0.6) is 11.5 Å². The van der Waals surface area contributed by atoms with Crippen molar-refractivity contribution in [3.05, 3.63) is 82.3 Å². The molecule has 0 aliphatic heterocycles. The maximum Gasteiger partial charge on any atom is 0.306 e. The number of esters is 2. The van der Waals surface area contributed by atoms with Crippen LogP contribution < -0.4 is 9.47 Å². The molecule has 10 nitrogen and oxygen atoms in total. The monoisotopic (exact) mass is 524 g/mol. The van der Waals surface area contributed by atoms with E-state index in [0.29, 0.717) is 22.6 Å². The van der Waals surface area contributed by atoms with Crippen LogP contribution in [0.25, 0.3) is 0 Å². The van der Waals surface area contributed by atoms with E-state index in [9.17, 15) is 29.4 Å². The Balaban J connectivity index is 2.13. The highest BCUT2D eigenvalue weighted by Gasteiger charge is 2.43. The largest absolute Gasteiger partial charge is 0.504 e. The Bertz CT molecular complexity index is 1180. The summed E-state index contributed by atoms with van der Waals surface area (Å²) in [5, 5.41) is 22.1. The molecular formula is C28H28O10. The van der Waals surface area contributed by atoms with Crippen molar-refractivity contribution < 1.29 is 48.3 Å². The van der Waals surface area contributed by atoms with Gasteiger partial charge in [0.2, 0.25) is 11.6 Å². The van der Waals surface area contributed by atoms with Crippen molar-refractivity contribution in [3.8, 4) is 11.5 Å². The van der Waals surface area contributed by atoms with Crippen LogP contribution in [0.3, 0.4) is 0 Å². The van der Waals surface area contributed by atoms with Gasteiger partial charge in [0.25, 0.3) is 0 Å². The molecule has 0 saturated carbocycles. The smallest absolute Gasteiger partial charge is 0.306 e. The van der Waals surface area contributed by atoms with Crippen molar-refractivity contribution in [3.63, 3.8) is 0 Å². The minimum absolute atomic E-state index is 0.395. The molecule has 200 valence electrons. The molecule has 0 amide bonds. The van der Waals surface area contributed by atoms with E-state index < -0.39 is 70.8 Å². The molecule has 3 rings (SSSR count). The Kier molecular flexibility index (Phi) is 8.90. The van der Waals surface area contributed by atoms with Crippen LogP contribution in [0, 0.1) is 0 Å². The molecule has 0 saturated heterocycles. The van der Waals surface area contributed by atoms with Crippen LogP contribution in [-0.4, -0.2) is 62.2 Å².